The molecule has 152 valence electrons. The Labute approximate surface area is 174 Å². The van der Waals surface area contributed by atoms with Gasteiger partial charge in [-0.15, -0.1) is 0 Å². The van der Waals surface area contributed by atoms with Crippen molar-refractivity contribution in [3.63, 3.8) is 0 Å². The lowest BCUT2D eigenvalue weighted by atomic mass is 10.0. The van der Waals surface area contributed by atoms with Crippen molar-refractivity contribution in [3.05, 3.63) is 72.1 Å². The number of para-hydroxylation sites is 1. The molecule has 1 unspecified atom stereocenters. The zero-order valence-electron chi connectivity index (χ0n) is 16.5. The molecule has 3 aromatic rings. The predicted molar refractivity (Wildman–Crippen MR) is 112 cm³/mol. The van der Waals surface area contributed by atoms with Crippen LogP contribution in [0.1, 0.15) is 17.5 Å². The van der Waals surface area contributed by atoms with Gasteiger partial charge in [-0.25, -0.2) is 0 Å². The summed E-state index contributed by atoms with van der Waals surface area (Å²) < 4.78 is 16.9. The third-order valence-corrected chi connectivity index (χ3v) is 5.41. The first-order valence-electron chi connectivity index (χ1n) is 10.1. The van der Waals surface area contributed by atoms with Gasteiger partial charge in [0.15, 0.2) is 11.5 Å². The summed E-state index contributed by atoms with van der Waals surface area (Å²) in [5.41, 5.74) is 4.29. The van der Waals surface area contributed by atoms with E-state index in [1.165, 1.54) is 0 Å². The van der Waals surface area contributed by atoms with Crippen LogP contribution in [0, 0.1) is 0 Å². The van der Waals surface area contributed by atoms with Crippen LogP contribution >= 0.6 is 0 Å². The summed E-state index contributed by atoms with van der Waals surface area (Å²) >= 11 is 0. The van der Waals surface area contributed by atoms with E-state index in [0.717, 1.165) is 45.9 Å². The van der Waals surface area contributed by atoms with Crippen molar-refractivity contribution in [1.29, 1.82) is 0 Å². The van der Waals surface area contributed by atoms with Gasteiger partial charge >= 0.3 is 0 Å². The van der Waals surface area contributed by atoms with Gasteiger partial charge in [0.2, 0.25) is 12.7 Å². The molecule has 30 heavy (non-hydrogen) atoms. The van der Waals surface area contributed by atoms with Crippen LogP contribution in [0.5, 0.6) is 17.2 Å². The Bertz CT molecular complexity index is 1070. The minimum Gasteiger partial charge on any atom is -0.487 e. The fourth-order valence-corrected chi connectivity index (χ4v) is 3.87. The molecule has 6 heteroatoms. The van der Waals surface area contributed by atoms with Crippen molar-refractivity contribution < 1.29 is 19.0 Å². The number of carbonyl (C=O) groups excluding carboxylic acids is 1. The number of rotatable bonds is 6. The summed E-state index contributed by atoms with van der Waals surface area (Å²) in [4.78, 5) is 16.5. The molecule has 0 spiro atoms. The highest BCUT2D eigenvalue weighted by Crippen LogP contribution is 2.38. The van der Waals surface area contributed by atoms with Crippen molar-refractivity contribution in [2.24, 2.45) is 0 Å². The fraction of sp³-hybridized carbons (Fsp3) is 0.250. The van der Waals surface area contributed by atoms with Gasteiger partial charge in [-0.1, -0.05) is 30.3 Å². The molecule has 1 aromatic heterocycles. The van der Waals surface area contributed by atoms with E-state index < -0.39 is 0 Å². The maximum absolute atomic E-state index is 12.3. The molecule has 0 bridgehead atoms. The van der Waals surface area contributed by atoms with Crippen LogP contribution < -0.4 is 19.5 Å². The van der Waals surface area contributed by atoms with E-state index in [0.29, 0.717) is 19.4 Å². The normalized spacial score (nSPS) is 16.1. The first-order valence-corrected chi connectivity index (χ1v) is 10.1. The van der Waals surface area contributed by atoms with Crippen molar-refractivity contribution in [3.8, 4) is 28.4 Å². The molecular weight excluding hydrogens is 380 g/mol. The lowest BCUT2D eigenvalue weighted by molar-refractivity contribution is -0.121. The van der Waals surface area contributed by atoms with Crippen LogP contribution in [0.4, 0.5) is 0 Å². The van der Waals surface area contributed by atoms with Crippen LogP contribution in [0.25, 0.3) is 11.1 Å². The standard InChI is InChI=1S/C24H22N2O4/c27-23(9-7-16-6-8-21-22(11-16)29-15-28-21)26-14-19-12-17-3-1-5-20(24(17)30-19)18-4-2-10-25-13-18/h1-6,8,10-11,13,19H,7,9,12,14-15H2,(H,26,27). The molecule has 0 saturated carbocycles. The number of benzene rings is 2. The Morgan fingerprint density at radius 2 is 2.03 bits per heavy atom. The van der Waals surface area contributed by atoms with Gasteiger partial charge < -0.3 is 19.5 Å². The first kappa shape index (κ1) is 18.5. The number of pyridine rings is 1. The number of nitrogens with one attached hydrogen (secondary N) is 1. The van der Waals surface area contributed by atoms with Gasteiger partial charge in [0.05, 0.1) is 6.54 Å². The van der Waals surface area contributed by atoms with Crippen LogP contribution in [0.15, 0.2) is 60.9 Å². The number of hydrogen-bond acceptors (Lipinski definition) is 5. The summed E-state index contributed by atoms with van der Waals surface area (Å²) in [5, 5.41) is 3.01. The predicted octanol–water partition coefficient (Wildman–Crippen LogP) is 3.53. The SMILES string of the molecule is O=C(CCc1ccc2c(c1)OCO2)NCC1Cc2cccc(-c3cccnc3)c2O1. The second kappa shape index (κ2) is 8.06. The number of carbonyl (C=O) groups is 1. The number of ether oxygens (including phenoxy) is 3. The van der Waals surface area contributed by atoms with Crippen molar-refractivity contribution in [1.82, 2.24) is 10.3 Å². The van der Waals surface area contributed by atoms with E-state index in [9.17, 15) is 4.79 Å². The van der Waals surface area contributed by atoms with Crippen LogP contribution in [0.3, 0.4) is 0 Å². The Morgan fingerprint density at radius 1 is 1.10 bits per heavy atom. The number of amides is 1. The zero-order chi connectivity index (χ0) is 20.3. The average molecular weight is 402 g/mol. The molecule has 0 fully saturated rings. The summed E-state index contributed by atoms with van der Waals surface area (Å²) in [5.74, 6) is 2.41. The maximum Gasteiger partial charge on any atom is 0.231 e. The largest absolute Gasteiger partial charge is 0.487 e. The second-order valence-corrected chi connectivity index (χ2v) is 7.47. The Hall–Kier alpha value is -3.54. The maximum atomic E-state index is 12.3. The third-order valence-electron chi connectivity index (χ3n) is 5.41. The van der Waals surface area contributed by atoms with Crippen molar-refractivity contribution >= 4 is 5.91 Å². The minimum atomic E-state index is -0.0627. The molecule has 0 radical (unpaired) electrons. The third kappa shape index (κ3) is 3.81. The molecule has 5 rings (SSSR count). The molecule has 2 aliphatic heterocycles. The van der Waals surface area contributed by atoms with Gasteiger partial charge in [-0.05, 0) is 35.7 Å². The lowest BCUT2D eigenvalue weighted by Gasteiger charge is -2.13. The summed E-state index contributed by atoms with van der Waals surface area (Å²) in [6, 6.07) is 15.9. The number of aryl methyl sites for hydroxylation is 1. The number of aromatic nitrogens is 1. The van der Waals surface area contributed by atoms with Crippen LogP contribution in [-0.4, -0.2) is 30.3 Å². The van der Waals surface area contributed by atoms with Crippen LogP contribution in [0.2, 0.25) is 0 Å². The summed E-state index contributed by atoms with van der Waals surface area (Å²) in [6.07, 6.45) is 5.39. The minimum absolute atomic E-state index is 0.0136. The zero-order valence-corrected chi connectivity index (χ0v) is 16.5. The summed E-state index contributed by atoms with van der Waals surface area (Å²) in [6.45, 7) is 0.743. The molecule has 1 N–H and O–H groups in total. The molecule has 2 aromatic carbocycles. The second-order valence-electron chi connectivity index (χ2n) is 7.47. The van der Waals surface area contributed by atoms with Crippen molar-refractivity contribution in [2.75, 3.05) is 13.3 Å². The fourth-order valence-electron chi connectivity index (χ4n) is 3.87. The van der Waals surface area contributed by atoms with Gasteiger partial charge in [0, 0.05) is 36.4 Å². The molecule has 3 heterocycles. The molecule has 1 amide bonds. The topological polar surface area (TPSA) is 69.7 Å². The van der Waals surface area contributed by atoms with E-state index in [1.54, 1.807) is 6.20 Å². The Kier molecular flexibility index (Phi) is 4.97. The van der Waals surface area contributed by atoms with Crippen LogP contribution in [-0.2, 0) is 17.6 Å². The van der Waals surface area contributed by atoms with E-state index in [1.807, 2.05) is 48.7 Å². The highest BCUT2D eigenvalue weighted by atomic mass is 16.7. The smallest absolute Gasteiger partial charge is 0.231 e. The number of fused-ring (bicyclic) bond motifs is 2. The molecule has 0 saturated heterocycles. The quantitative estimate of drug-likeness (QED) is 0.683. The van der Waals surface area contributed by atoms with Gasteiger partial charge in [-0.2, -0.15) is 0 Å². The van der Waals surface area contributed by atoms with Gasteiger partial charge in [-0.3, -0.25) is 9.78 Å². The molecule has 6 nitrogen and oxygen atoms in total. The van der Waals surface area contributed by atoms with E-state index in [4.69, 9.17) is 14.2 Å². The van der Waals surface area contributed by atoms with Crippen molar-refractivity contribution in [2.45, 2.75) is 25.4 Å². The first-order chi connectivity index (χ1) is 14.8. The van der Waals surface area contributed by atoms with E-state index in [-0.39, 0.29) is 18.8 Å². The number of hydrogen-bond donors (Lipinski definition) is 1. The van der Waals surface area contributed by atoms with E-state index >= 15 is 0 Å². The highest BCUT2D eigenvalue weighted by molar-refractivity contribution is 5.76. The highest BCUT2D eigenvalue weighted by Gasteiger charge is 2.26. The lowest BCUT2D eigenvalue weighted by Crippen LogP contribution is -2.34. The van der Waals surface area contributed by atoms with Gasteiger partial charge in [0.25, 0.3) is 0 Å². The van der Waals surface area contributed by atoms with Gasteiger partial charge in [0.1, 0.15) is 11.9 Å². The summed E-state index contributed by atoms with van der Waals surface area (Å²) in [7, 11) is 0. The molecule has 0 aliphatic carbocycles. The molecule has 1 atom stereocenters. The van der Waals surface area contributed by atoms with E-state index in [2.05, 4.69) is 16.4 Å². The monoisotopic (exact) mass is 402 g/mol. The molecule has 2 aliphatic rings. The average Bonchev–Trinajstić information content (AvgIpc) is 3.42. The Morgan fingerprint density at radius 3 is 2.93 bits per heavy atom. The Balaban J connectivity index is 1.15. The number of nitrogens with zero attached hydrogens (tertiary/aromatic N) is 1. The molecular formula is C24H22N2O4.